The molecular formula is C11H12FN5O. The summed E-state index contributed by atoms with van der Waals surface area (Å²) in [5, 5.41) is 13.3. The van der Waals surface area contributed by atoms with Crippen LogP contribution in [0, 0.1) is 5.82 Å². The van der Waals surface area contributed by atoms with E-state index in [1.807, 2.05) is 6.92 Å². The zero-order valence-corrected chi connectivity index (χ0v) is 9.80. The van der Waals surface area contributed by atoms with Crippen molar-refractivity contribution in [3.05, 3.63) is 35.6 Å². The van der Waals surface area contributed by atoms with Gasteiger partial charge in [0.05, 0.1) is 5.56 Å². The van der Waals surface area contributed by atoms with Crippen LogP contribution in [0.4, 0.5) is 10.3 Å². The normalized spacial score (nSPS) is 10.3. The molecule has 0 bridgehead atoms. The maximum Gasteiger partial charge on any atom is 0.261 e. The van der Waals surface area contributed by atoms with Crippen molar-refractivity contribution in [1.29, 1.82) is 0 Å². The average Bonchev–Trinajstić information content (AvgIpc) is 2.78. The van der Waals surface area contributed by atoms with Gasteiger partial charge in [-0.05, 0) is 29.0 Å². The van der Waals surface area contributed by atoms with E-state index in [4.69, 9.17) is 0 Å². The topological polar surface area (TPSA) is 72.7 Å². The van der Waals surface area contributed by atoms with Crippen molar-refractivity contribution in [3.8, 4) is 0 Å². The van der Waals surface area contributed by atoms with Crippen molar-refractivity contribution < 1.29 is 9.18 Å². The highest BCUT2D eigenvalue weighted by atomic mass is 19.1. The third kappa shape index (κ3) is 2.50. The van der Waals surface area contributed by atoms with Crippen LogP contribution in [-0.4, -0.2) is 26.1 Å². The number of benzene rings is 1. The fourth-order valence-electron chi connectivity index (χ4n) is 1.47. The first-order valence-electron chi connectivity index (χ1n) is 5.54. The van der Waals surface area contributed by atoms with Crippen LogP contribution in [0.25, 0.3) is 0 Å². The summed E-state index contributed by atoms with van der Waals surface area (Å²) in [7, 11) is 0. The molecule has 0 spiro atoms. The van der Waals surface area contributed by atoms with Crippen LogP contribution in [-0.2, 0) is 6.54 Å². The van der Waals surface area contributed by atoms with E-state index in [9.17, 15) is 9.18 Å². The Morgan fingerprint density at radius 3 is 2.94 bits per heavy atom. The lowest BCUT2D eigenvalue weighted by atomic mass is 10.2. The summed E-state index contributed by atoms with van der Waals surface area (Å²) >= 11 is 0. The Labute approximate surface area is 103 Å². The van der Waals surface area contributed by atoms with Gasteiger partial charge in [-0.15, -0.1) is 0 Å². The number of anilines is 1. The molecule has 0 radical (unpaired) electrons. The number of carbonyl (C=O) groups excluding carboxylic acids is 1. The maximum absolute atomic E-state index is 13.4. The van der Waals surface area contributed by atoms with Crippen LogP contribution >= 0.6 is 0 Å². The number of halogens is 1. The molecule has 0 saturated carbocycles. The van der Waals surface area contributed by atoms with Gasteiger partial charge in [-0.1, -0.05) is 24.2 Å². The van der Waals surface area contributed by atoms with Gasteiger partial charge < -0.3 is 0 Å². The summed E-state index contributed by atoms with van der Waals surface area (Å²) in [5.41, 5.74) is -0.0384. The van der Waals surface area contributed by atoms with E-state index in [-0.39, 0.29) is 11.5 Å². The number of aromatic nitrogens is 4. The predicted octanol–water partition coefficient (Wildman–Crippen LogP) is 1.47. The third-order valence-electron chi connectivity index (χ3n) is 2.31. The molecule has 7 heteroatoms. The highest BCUT2D eigenvalue weighted by molar-refractivity contribution is 6.03. The van der Waals surface area contributed by atoms with Gasteiger partial charge in [-0.2, -0.15) is 0 Å². The second-order valence-electron chi connectivity index (χ2n) is 3.66. The molecule has 1 aromatic carbocycles. The lowest BCUT2D eigenvalue weighted by molar-refractivity contribution is 0.102. The zero-order chi connectivity index (χ0) is 13.0. The molecule has 0 aliphatic rings. The smallest absolute Gasteiger partial charge is 0.261 e. The minimum Gasteiger partial charge on any atom is -0.289 e. The molecule has 0 aliphatic heterocycles. The minimum atomic E-state index is -0.579. The van der Waals surface area contributed by atoms with Crippen molar-refractivity contribution in [1.82, 2.24) is 20.2 Å². The number of rotatable bonds is 4. The first-order chi connectivity index (χ1) is 8.72. The second-order valence-corrected chi connectivity index (χ2v) is 3.66. The third-order valence-corrected chi connectivity index (χ3v) is 2.31. The Morgan fingerprint density at radius 2 is 2.22 bits per heavy atom. The number of hydrogen-bond donors (Lipinski definition) is 1. The van der Waals surface area contributed by atoms with Gasteiger partial charge in [0.15, 0.2) is 0 Å². The van der Waals surface area contributed by atoms with Gasteiger partial charge in [0, 0.05) is 6.54 Å². The second kappa shape index (κ2) is 5.35. The SMILES string of the molecule is CCCn1nnnc1NC(=O)c1ccccc1F. The van der Waals surface area contributed by atoms with Crippen LogP contribution in [0.1, 0.15) is 23.7 Å². The Hall–Kier alpha value is -2.31. The number of carbonyl (C=O) groups is 1. The van der Waals surface area contributed by atoms with Crippen molar-refractivity contribution in [3.63, 3.8) is 0 Å². The number of hydrogen-bond acceptors (Lipinski definition) is 4. The summed E-state index contributed by atoms with van der Waals surface area (Å²) in [5.74, 6) is -0.935. The lowest BCUT2D eigenvalue weighted by Gasteiger charge is -2.05. The van der Waals surface area contributed by atoms with Crippen molar-refractivity contribution in [2.75, 3.05) is 5.32 Å². The zero-order valence-electron chi connectivity index (χ0n) is 9.80. The fourth-order valence-corrected chi connectivity index (χ4v) is 1.47. The molecule has 18 heavy (non-hydrogen) atoms. The summed E-state index contributed by atoms with van der Waals surface area (Å²) in [4.78, 5) is 11.8. The number of aryl methyl sites for hydroxylation is 1. The van der Waals surface area contributed by atoms with E-state index < -0.39 is 11.7 Å². The number of amides is 1. The molecule has 1 N–H and O–H groups in total. The van der Waals surface area contributed by atoms with E-state index in [1.54, 1.807) is 6.07 Å². The Balaban J connectivity index is 2.17. The molecular weight excluding hydrogens is 237 g/mol. The molecule has 1 aromatic heterocycles. The predicted molar refractivity (Wildman–Crippen MR) is 62.5 cm³/mol. The first kappa shape index (κ1) is 12.2. The van der Waals surface area contributed by atoms with E-state index >= 15 is 0 Å². The molecule has 1 amide bonds. The first-order valence-corrected chi connectivity index (χ1v) is 5.54. The Morgan fingerprint density at radius 1 is 1.44 bits per heavy atom. The number of nitrogens with one attached hydrogen (secondary N) is 1. The molecule has 0 aliphatic carbocycles. The standard InChI is InChI=1S/C11H12FN5O/c1-2-7-17-11(14-15-16-17)13-10(18)8-5-3-4-6-9(8)12/h3-6H,2,7H2,1H3,(H,13,14,16,18). The van der Waals surface area contributed by atoms with Gasteiger partial charge in [-0.25, -0.2) is 9.07 Å². The molecule has 2 rings (SSSR count). The van der Waals surface area contributed by atoms with E-state index in [2.05, 4.69) is 20.8 Å². The van der Waals surface area contributed by atoms with Crippen LogP contribution < -0.4 is 5.32 Å². The van der Waals surface area contributed by atoms with Gasteiger partial charge in [0.2, 0.25) is 5.95 Å². The highest BCUT2D eigenvalue weighted by Crippen LogP contribution is 2.09. The van der Waals surface area contributed by atoms with Gasteiger partial charge in [-0.3, -0.25) is 10.1 Å². The molecule has 0 unspecified atom stereocenters. The minimum absolute atomic E-state index is 0.0384. The molecule has 0 atom stereocenters. The maximum atomic E-state index is 13.4. The largest absolute Gasteiger partial charge is 0.289 e. The van der Waals surface area contributed by atoms with Crippen LogP contribution in [0.3, 0.4) is 0 Å². The molecule has 6 nitrogen and oxygen atoms in total. The van der Waals surface area contributed by atoms with Gasteiger partial charge >= 0.3 is 0 Å². The van der Waals surface area contributed by atoms with Crippen molar-refractivity contribution >= 4 is 11.9 Å². The van der Waals surface area contributed by atoms with Gasteiger partial charge in [0.25, 0.3) is 5.91 Å². The number of tetrazole rings is 1. The van der Waals surface area contributed by atoms with Crippen LogP contribution in [0.5, 0.6) is 0 Å². The van der Waals surface area contributed by atoms with Crippen LogP contribution in [0.15, 0.2) is 24.3 Å². The molecule has 0 fully saturated rings. The molecule has 2 aromatic rings. The van der Waals surface area contributed by atoms with Crippen molar-refractivity contribution in [2.24, 2.45) is 0 Å². The lowest BCUT2D eigenvalue weighted by Crippen LogP contribution is -2.17. The van der Waals surface area contributed by atoms with Crippen LogP contribution in [0.2, 0.25) is 0 Å². The van der Waals surface area contributed by atoms with E-state index in [0.717, 1.165) is 6.42 Å². The number of nitrogens with zero attached hydrogens (tertiary/aromatic N) is 4. The quantitative estimate of drug-likeness (QED) is 0.890. The molecule has 1 heterocycles. The summed E-state index contributed by atoms with van der Waals surface area (Å²) in [6.45, 7) is 2.55. The average molecular weight is 249 g/mol. The fraction of sp³-hybridized carbons (Fsp3) is 0.273. The summed E-state index contributed by atoms with van der Waals surface area (Å²) < 4.78 is 14.9. The van der Waals surface area contributed by atoms with E-state index in [0.29, 0.717) is 6.54 Å². The highest BCUT2D eigenvalue weighted by Gasteiger charge is 2.14. The Kier molecular flexibility index (Phi) is 3.61. The summed E-state index contributed by atoms with van der Waals surface area (Å²) in [6, 6.07) is 5.74. The summed E-state index contributed by atoms with van der Waals surface area (Å²) in [6.07, 6.45) is 0.827. The van der Waals surface area contributed by atoms with Crippen molar-refractivity contribution in [2.45, 2.75) is 19.9 Å². The monoisotopic (exact) mass is 249 g/mol. The molecule has 0 saturated heterocycles. The van der Waals surface area contributed by atoms with E-state index in [1.165, 1.54) is 22.9 Å². The Bertz CT molecular complexity index is 554. The van der Waals surface area contributed by atoms with Gasteiger partial charge in [0.1, 0.15) is 5.82 Å². The molecule has 94 valence electrons.